The predicted octanol–water partition coefficient (Wildman–Crippen LogP) is 1.80. The van der Waals surface area contributed by atoms with E-state index in [-0.39, 0.29) is 34.5 Å². The lowest BCUT2D eigenvalue weighted by atomic mass is 9.99. The maximum atomic E-state index is 14.5. The predicted molar refractivity (Wildman–Crippen MR) is 106 cm³/mol. The van der Waals surface area contributed by atoms with Gasteiger partial charge in [-0.3, -0.25) is 0 Å². The van der Waals surface area contributed by atoms with Gasteiger partial charge < -0.3 is 30.6 Å². The maximum absolute atomic E-state index is 14.5. The van der Waals surface area contributed by atoms with Crippen molar-refractivity contribution in [3.05, 3.63) is 53.1 Å². The average molecular weight is 434 g/mol. The molecule has 1 aromatic carbocycles. The highest BCUT2D eigenvalue weighted by atomic mass is 19.2. The van der Waals surface area contributed by atoms with E-state index in [0.717, 1.165) is 6.07 Å². The van der Waals surface area contributed by atoms with Crippen LogP contribution < -0.4 is 15.8 Å². The van der Waals surface area contributed by atoms with Crippen molar-refractivity contribution in [2.24, 2.45) is 0 Å². The van der Waals surface area contributed by atoms with Crippen molar-refractivity contribution in [3.63, 3.8) is 0 Å². The minimum Gasteiger partial charge on any atom is -0.487 e. The molecule has 0 bridgehead atoms. The normalized spacial score (nSPS) is 25.7. The van der Waals surface area contributed by atoms with E-state index in [2.05, 4.69) is 10.3 Å². The minimum absolute atomic E-state index is 0.100. The summed E-state index contributed by atoms with van der Waals surface area (Å²) in [6.07, 6.45) is -0.509. The van der Waals surface area contributed by atoms with Gasteiger partial charge in [0.1, 0.15) is 29.7 Å². The molecule has 7 nitrogen and oxygen atoms in total. The fourth-order valence-corrected chi connectivity index (χ4v) is 4.61. The molecule has 3 heterocycles. The van der Waals surface area contributed by atoms with E-state index < -0.39 is 41.8 Å². The SMILES string of the molecule is Nc1ccnc2c1c(F)cn2C1CC(Oc2cc(F)c(F)c3c2CNCC3)[C@@H](O)[C@H]1O. The zero-order chi connectivity index (χ0) is 21.9. The number of pyridine rings is 1. The minimum atomic E-state index is -1.33. The van der Waals surface area contributed by atoms with Gasteiger partial charge in [-0.25, -0.2) is 18.2 Å². The van der Waals surface area contributed by atoms with Crippen molar-refractivity contribution < 1.29 is 28.1 Å². The highest BCUT2D eigenvalue weighted by Gasteiger charge is 2.45. The van der Waals surface area contributed by atoms with Crippen LogP contribution in [0.4, 0.5) is 18.9 Å². The summed E-state index contributed by atoms with van der Waals surface area (Å²) in [5, 5.41) is 24.5. The summed E-state index contributed by atoms with van der Waals surface area (Å²) in [6.45, 7) is 0.815. The lowest BCUT2D eigenvalue weighted by Gasteiger charge is -2.25. The molecule has 0 saturated heterocycles. The number of halogens is 3. The summed E-state index contributed by atoms with van der Waals surface area (Å²) >= 11 is 0. The van der Waals surface area contributed by atoms with E-state index in [9.17, 15) is 23.4 Å². The summed E-state index contributed by atoms with van der Waals surface area (Å²) in [5.41, 5.74) is 7.04. The van der Waals surface area contributed by atoms with Crippen LogP contribution in [0.1, 0.15) is 23.6 Å². The van der Waals surface area contributed by atoms with Gasteiger partial charge in [-0.15, -0.1) is 0 Å². The van der Waals surface area contributed by atoms with Crippen molar-refractivity contribution in [3.8, 4) is 5.75 Å². The van der Waals surface area contributed by atoms with Crippen LogP contribution in [0.3, 0.4) is 0 Å². The molecule has 31 heavy (non-hydrogen) atoms. The van der Waals surface area contributed by atoms with Gasteiger partial charge in [-0.05, 0) is 19.0 Å². The van der Waals surface area contributed by atoms with Crippen LogP contribution in [0.5, 0.6) is 5.75 Å². The molecular weight excluding hydrogens is 413 g/mol. The molecule has 5 N–H and O–H groups in total. The highest BCUT2D eigenvalue weighted by Crippen LogP contribution is 2.39. The fourth-order valence-electron chi connectivity index (χ4n) is 4.61. The number of nitrogens with two attached hydrogens (primary N) is 1. The molecule has 0 spiro atoms. The number of aliphatic hydroxyl groups is 2. The van der Waals surface area contributed by atoms with Crippen molar-refractivity contribution in [1.82, 2.24) is 14.9 Å². The largest absolute Gasteiger partial charge is 0.487 e. The summed E-state index contributed by atoms with van der Waals surface area (Å²) in [7, 11) is 0. The third-order valence-electron chi connectivity index (χ3n) is 6.18. The smallest absolute Gasteiger partial charge is 0.162 e. The molecule has 0 amide bonds. The molecule has 164 valence electrons. The van der Waals surface area contributed by atoms with Crippen LogP contribution in [-0.2, 0) is 13.0 Å². The van der Waals surface area contributed by atoms with Gasteiger partial charge in [-0.2, -0.15) is 0 Å². The van der Waals surface area contributed by atoms with Gasteiger partial charge in [0, 0.05) is 48.2 Å². The Morgan fingerprint density at radius 3 is 2.77 bits per heavy atom. The third kappa shape index (κ3) is 3.13. The second-order valence-corrected chi connectivity index (χ2v) is 7.98. The van der Waals surface area contributed by atoms with Gasteiger partial charge in [0.05, 0.1) is 11.4 Å². The van der Waals surface area contributed by atoms with Crippen molar-refractivity contribution in [2.75, 3.05) is 12.3 Å². The summed E-state index contributed by atoms with van der Waals surface area (Å²) in [4.78, 5) is 4.16. The zero-order valence-corrected chi connectivity index (χ0v) is 16.4. The molecule has 5 rings (SSSR count). The number of aromatic nitrogens is 2. The lowest BCUT2D eigenvalue weighted by Crippen LogP contribution is -2.35. The molecule has 2 aromatic heterocycles. The third-order valence-corrected chi connectivity index (χ3v) is 6.18. The van der Waals surface area contributed by atoms with Crippen molar-refractivity contribution >= 4 is 16.7 Å². The van der Waals surface area contributed by atoms with Crippen molar-refractivity contribution in [1.29, 1.82) is 0 Å². The van der Waals surface area contributed by atoms with Crippen LogP contribution in [0.25, 0.3) is 11.0 Å². The van der Waals surface area contributed by atoms with Crippen LogP contribution in [-0.4, -0.2) is 44.6 Å². The summed E-state index contributed by atoms with van der Waals surface area (Å²) in [5.74, 6) is -2.40. The maximum Gasteiger partial charge on any atom is 0.162 e. The Labute approximate surface area is 175 Å². The summed E-state index contributed by atoms with van der Waals surface area (Å²) < 4.78 is 50.1. The number of nitrogen functional groups attached to an aromatic ring is 1. The second kappa shape index (κ2) is 7.40. The van der Waals surface area contributed by atoms with Gasteiger partial charge in [0.15, 0.2) is 17.5 Å². The molecule has 3 aromatic rings. The van der Waals surface area contributed by atoms with E-state index in [1.807, 2.05) is 0 Å². The van der Waals surface area contributed by atoms with E-state index in [1.165, 1.54) is 23.0 Å². The van der Waals surface area contributed by atoms with Gasteiger partial charge >= 0.3 is 0 Å². The number of hydrogen-bond donors (Lipinski definition) is 4. The molecule has 10 heteroatoms. The quantitative estimate of drug-likeness (QED) is 0.501. The highest BCUT2D eigenvalue weighted by molar-refractivity contribution is 5.89. The number of nitrogens with one attached hydrogen (secondary N) is 1. The molecule has 1 saturated carbocycles. The number of benzene rings is 1. The molecule has 1 aliphatic carbocycles. The monoisotopic (exact) mass is 434 g/mol. The number of nitrogens with zero attached hydrogens (tertiary/aromatic N) is 2. The van der Waals surface area contributed by atoms with Crippen LogP contribution >= 0.6 is 0 Å². The van der Waals surface area contributed by atoms with E-state index >= 15 is 0 Å². The number of anilines is 1. The first-order chi connectivity index (χ1) is 14.9. The van der Waals surface area contributed by atoms with Crippen LogP contribution in [0.15, 0.2) is 24.5 Å². The van der Waals surface area contributed by atoms with Gasteiger partial charge in [0.2, 0.25) is 0 Å². The number of rotatable bonds is 3. The molecule has 2 unspecified atom stereocenters. The number of aliphatic hydroxyl groups excluding tert-OH is 2. The van der Waals surface area contributed by atoms with Crippen LogP contribution in [0, 0.1) is 17.5 Å². The Balaban J connectivity index is 1.48. The first-order valence-electron chi connectivity index (χ1n) is 10.0. The molecule has 4 atom stereocenters. The standard InChI is InChI=1S/C21H21F3N4O3/c22-11-5-15(10-7-26-3-1-9(10)18(11)24)31-16-6-14(19(29)20(16)30)28-8-12(23)17-13(25)2-4-27-21(17)28/h2,4-5,8,14,16,19-20,26,29-30H,1,3,6-7H2,(H2,25,27)/t14?,16?,19-,20+/m0/s1. The van der Waals surface area contributed by atoms with Gasteiger partial charge in [-0.1, -0.05) is 0 Å². The first-order valence-corrected chi connectivity index (χ1v) is 10.0. The molecule has 2 aliphatic rings. The Hall–Kier alpha value is -2.82. The van der Waals surface area contributed by atoms with E-state index in [1.54, 1.807) is 0 Å². The van der Waals surface area contributed by atoms with Gasteiger partial charge in [0.25, 0.3) is 0 Å². The molecule has 1 aliphatic heterocycles. The Bertz CT molecular complexity index is 1170. The fraction of sp³-hybridized carbons (Fsp3) is 0.381. The summed E-state index contributed by atoms with van der Waals surface area (Å²) in [6, 6.07) is 1.68. The topological polar surface area (TPSA) is 106 Å². The number of hydrogen-bond acceptors (Lipinski definition) is 6. The molecular formula is C21H21F3N4O3. The number of fused-ring (bicyclic) bond motifs is 2. The Morgan fingerprint density at radius 2 is 1.97 bits per heavy atom. The second-order valence-electron chi connectivity index (χ2n) is 7.98. The average Bonchev–Trinajstić information content (AvgIpc) is 3.24. The molecule has 1 fully saturated rings. The van der Waals surface area contributed by atoms with E-state index in [0.29, 0.717) is 25.1 Å². The van der Waals surface area contributed by atoms with E-state index in [4.69, 9.17) is 10.5 Å². The Morgan fingerprint density at radius 1 is 1.16 bits per heavy atom. The lowest BCUT2D eigenvalue weighted by molar-refractivity contribution is -0.0167. The Kier molecular flexibility index (Phi) is 4.80. The van der Waals surface area contributed by atoms with Crippen molar-refractivity contribution in [2.45, 2.75) is 43.7 Å². The molecule has 0 radical (unpaired) electrons. The van der Waals surface area contributed by atoms with Crippen LogP contribution in [0.2, 0.25) is 0 Å². The zero-order valence-electron chi connectivity index (χ0n) is 16.4. The number of ether oxygens (including phenoxy) is 1. The first kappa shape index (κ1) is 20.1.